The van der Waals surface area contributed by atoms with Gasteiger partial charge < -0.3 is 14.8 Å². The Morgan fingerprint density at radius 3 is 2.53 bits per heavy atom. The van der Waals surface area contributed by atoms with Crippen LogP contribution in [0.3, 0.4) is 0 Å². The zero-order valence-corrected chi connectivity index (χ0v) is 11.1. The van der Waals surface area contributed by atoms with E-state index in [2.05, 4.69) is 4.98 Å². The van der Waals surface area contributed by atoms with Crippen LogP contribution in [0, 0.1) is 0 Å². The van der Waals surface area contributed by atoms with Crippen LogP contribution >= 0.6 is 7.60 Å². The van der Waals surface area contributed by atoms with E-state index in [0.717, 1.165) is 27.4 Å². The normalized spacial score (nSPS) is 12.3. The monoisotopic (exact) mass is 275 g/mol. The van der Waals surface area contributed by atoms with Gasteiger partial charge in [-0.05, 0) is 18.1 Å². The van der Waals surface area contributed by atoms with Crippen LogP contribution in [-0.2, 0) is 11.0 Å². The summed E-state index contributed by atoms with van der Waals surface area (Å²) in [7, 11) is -3.96. The molecule has 0 unspecified atom stereocenters. The van der Waals surface area contributed by atoms with Gasteiger partial charge in [-0.15, -0.1) is 0 Å². The highest BCUT2D eigenvalue weighted by Gasteiger charge is 2.14. The van der Waals surface area contributed by atoms with Crippen molar-refractivity contribution in [3.05, 3.63) is 48.0 Å². The molecule has 1 aromatic heterocycles. The van der Waals surface area contributed by atoms with Crippen LogP contribution in [0.2, 0.25) is 0 Å². The lowest BCUT2D eigenvalue weighted by Crippen LogP contribution is -1.94. The van der Waals surface area contributed by atoms with Crippen molar-refractivity contribution in [2.45, 2.75) is 6.42 Å². The fraction of sp³-hybridized carbons (Fsp3) is 0.143. The number of H-pyrrole nitrogens is 1. The molecule has 98 valence electrons. The highest BCUT2D eigenvalue weighted by Crippen LogP contribution is 2.36. The van der Waals surface area contributed by atoms with Gasteiger partial charge in [0.1, 0.15) is 0 Å². The van der Waals surface area contributed by atoms with E-state index in [9.17, 15) is 4.57 Å². The van der Waals surface area contributed by atoms with Crippen molar-refractivity contribution in [3.63, 3.8) is 0 Å². The third kappa shape index (κ3) is 2.43. The van der Waals surface area contributed by atoms with E-state index in [1.165, 1.54) is 0 Å². The first kappa shape index (κ1) is 12.4. The number of aromatic amines is 1. The van der Waals surface area contributed by atoms with Gasteiger partial charge in [0, 0.05) is 21.8 Å². The predicted molar refractivity (Wildman–Crippen MR) is 76.4 cm³/mol. The van der Waals surface area contributed by atoms with Crippen LogP contribution in [-0.4, -0.2) is 20.9 Å². The third-order valence-corrected chi connectivity index (χ3v) is 4.11. The number of aryl methyl sites for hydroxylation is 1. The Kier molecular flexibility index (Phi) is 2.94. The zero-order chi connectivity index (χ0) is 13.5. The van der Waals surface area contributed by atoms with E-state index in [4.69, 9.17) is 9.79 Å². The smallest absolute Gasteiger partial charge is 0.325 e. The second-order valence-corrected chi connectivity index (χ2v) is 6.43. The standard InChI is InChI=1S/C14H14NO3P/c16-19(17,18)9-8-10-4-3-6-12-11-5-1-2-7-13(11)15-14(10)12/h1-7,15H,8-9H2,(H2,16,17,18). The van der Waals surface area contributed by atoms with Gasteiger partial charge >= 0.3 is 7.60 Å². The average Bonchev–Trinajstić information content (AvgIpc) is 2.74. The summed E-state index contributed by atoms with van der Waals surface area (Å²) in [5.74, 6) is 0. The molecule has 0 atom stereocenters. The van der Waals surface area contributed by atoms with Gasteiger partial charge in [-0.3, -0.25) is 4.57 Å². The number of hydrogen-bond acceptors (Lipinski definition) is 1. The molecule has 0 aliphatic rings. The number of benzene rings is 2. The molecule has 5 heteroatoms. The molecule has 0 radical (unpaired) electrons. The van der Waals surface area contributed by atoms with Crippen LogP contribution in [0.1, 0.15) is 5.56 Å². The third-order valence-electron chi connectivity index (χ3n) is 3.30. The second kappa shape index (κ2) is 4.49. The van der Waals surface area contributed by atoms with Gasteiger partial charge in [0.15, 0.2) is 0 Å². The first-order valence-electron chi connectivity index (χ1n) is 6.07. The molecule has 3 rings (SSSR count). The van der Waals surface area contributed by atoms with E-state index in [1.807, 2.05) is 42.5 Å². The summed E-state index contributed by atoms with van der Waals surface area (Å²) >= 11 is 0. The summed E-state index contributed by atoms with van der Waals surface area (Å²) < 4.78 is 11.0. The Hall–Kier alpha value is -1.61. The number of rotatable bonds is 3. The van der Waals surface area contributed by atoms with Crippen molar-refractivity contribution in [2.24, 2.45) is 0 Å². The maximum Gasteiger partial charge on any atom is 0.325 e. The minimum absolute atomic E-state index is 0.124. The fourth-order valence-corrected chi connectivity index (χ4v) is 2.94. The van der Waals surface area contributed by atoms with Crippen LogP contribution < -0.4 is 0 Å². The van der Waals surface area contributed by atoms with Crippen LogP contribution in [0.25, 0.3) is 21.8 Å². The summed E-state index contributed by atoms with van der Waals surface area (Å²) in [6.45, 7) is 0. The van der Waals surface area contributed by atoms with Gasteiger partial charge in [-0.25, -0.2) is 0 Å². The van der Waals surface area contributed by atoms with Crippen molar-refractivity contribution in [3.8, 4) is 0 Å². The fourth-order valence-electron chi connectivity index (χ4n) is 2.41. The van der Waals surface area contributed by atoms with E-state index in [-0.39, 0.29) is 6.16 Å². The highest BCUT2D eigenvalue weighted by molar-refractivity contribution is 7.51. The first-order chi connectivity index (χ1) is 9.04. The number of fused-ring (bicyclic) bond motifs is 3. The Labute approximate surface area is 110 Å². The topological polar surface area (TPSA) is 73.3 Å². The van der Waals surface area contributed by atoms with Gasteiger partial charge in [0.05, 0.1) is 6.16 Å². The number of para-hydroxylation sites is 2. The SMILES string of the molecule is O=P(O)(O)CCc1cccc2c1[nH]c1ccccc12. The van der Waals surface area contributed by atoms with E-state index < -0.39 is 7.60 Å². The minimum Gasteiger partial charge on any atom is -0.354 e. The molecule has 19 heavy (non-hydrogen) atoms. The summed E-state index contributed by atoms with van der Waals surface area (Å²) in [5.41, 5.74) is 2.95. The molecule has 3 N–H and O–H groups in total. The minimum atomic E-state index is -3.96. The molecular formula is C14H14NO3P. The lowest BCUT2D eigenvalue weighted by molar-refractivity contribution is 0.373. The number of hydrogen-bond donors (Lipinski definition) is 3. The number of nitrogens with one attached hydrogen (secondary N) is 1. The van der Waals surface area contributed by atoms with Crippen molar-refractivity contribution in [1.82, 2.24) is 4.98 Å². The molecule has 0 aliphatic heterocycles. The van der Waals surface area contributed by atoms with Gasteiger partial charge in [0.25, 0.3) is 0 Å². The Morgan fingerprint density at radius 1 is 1.00 bits per heavy atom. The maximum atomic E-state index is 11.0. The van der Waals surface area contributed by atoms with Crippen molar-refractivity contribution in [2.75, 3.05) is 6.16 Å². The molecule has 1 heterocycles. The molecule has 3 aromatic rings. The average molecular weight is 275 g/mol. The largest absolute Gasteiger partial charge is 0.354 e. The summed E-state index contributed by atoms with van der Waals surface area (Å²) in [4.78, 5) is 21.3. The molecule has 0 fully saturated rings. The Balaban J connectivity index is 2.13. The van der Waals surface area contributed by atoms with E-state index >= 15 is 0 Å². The molecule has 0 amide bonds. The predicted octanol–water partition coefficient (Wildman–Crippen LogP) is 3.04. The van der Waals surface area contributed by atoms with Crippen molar-refractivity contribution in [1.29, 1.82) is 0 Å². The van der Waals surface area contributed by atoms with E-state index in [1.54, 1.807) is 0 Å². The van der Waals surface area contributed by atoms with Gasteiger partial charge in [0.2, 0.25) is 0 Å². The molecule has 0 saturated carbocycles. The molecule has 4 nitrogen and oxygen atoms in total. The van der Waals surface area contributed by atoms with Crippen LogP contribution in [0.5, 0.6) is 0 Å². The second-order valence-electron chi connectivity index (χ2n) is 4.65. The number of aromatic nitrogens is 1. The Morgan fingerprint density at radius 2 is 1.74 bits per heavy atom. The summed E-state index contributed by atoms with van der Waals surface area (Å²) in [6, 6.07) is 13.9. The molecular weight excluding hydrogens is 261 g/mol. The zero-order valence-electron chi connectivity index (χ0n) is 10.2. The maximum absolute atomic E-state index is 11.0. The molecule has 2 aromatic carbocycles. The highest BCUT2D eigenvalue weighted by atomic mass is 31.2. The summed E-state index contributed by atoms with van der Waals surface area (Å²) in [5, 5.41) is 2.23. The van der Waals surface area contributed by atoms with Crippen molar-refractivity contribution < 1.29 is 14.4 Å². The van der Waals surface area contributed by atoms with Gasteiger partial charge in [-0.1, -0.05) is 36.4 Å². The first-order valence-corrected chi connectivity index (χ1v) is 7.87. The Bertz CT molecular complexity index is 788. The lowest BCUT2D eigenvalue weighted by atomic mass is 10.1. The van der Waals surface area contributed by atoms with Crippen molar-refractivity contribution >= 4 is 29.4 Å². The van der Waals surface area contributed by atoms with Crippen LogP contribution in [0.4, 0.5) is 0 Å². The van der Waals surface area contributed by atoms with E-state index in [0.29, 0.717) is 6.42 Å². The van der Waals surface area contributed by atoms with Gasteiger partial charge in [-0.2, -0.15) is 0 Å². The quantitative estimate of drug-likeness (QED) is 0.643. The molecule has 0 bridgehead atoms. The summed E-state index contributed by atoms with van der Waals surface area (Å²) in [6.07, 6.45) is 0.246. The lowest BCUT2D eigenvalue weighted by Gasteiger charge is -2.05. The molecule has 0 aliphatic carbocycles. The molecule has 0 saturated heterocycles. The molecule has 0 spiro atoms. The van der Waals surface area contributed by atoms with Crippen LogP contribution in [0.15, 0.2) is 42.5 Å².